The molecule has 0 aromatic heterocycles. The van der Waals surface area contributed by atoms with E-state index in [0.717, 1.165) is 13.0 Å². The second kappa shape index (κ2) is 5.28. The fourth-order valence-corrected chi connectivity index (χ4v) is 2.40. The minimum atomic E-state index is 0.297. The molecule has 0 bridgehead atoms. The van der Waals surface area contributed by atoms with Crippen LogP contribution in [0.4, 0.5) is 0 Å². The lowest BCUT2D eigenvalue weighted by atomic mass is 10.0. The molecule has 0 amide bonds. The molecule has 0 spiro atoms. The van der Waals surface area contributed by atoms with Gasteiger partial charge in [-0.15, -0.1) is 6.58 Å². The lowest BCUT2D eigenvalue weighted by Crippen LogP contribution is -2.25. The molecule has 0 aliphatic carbocycles. The number of hydrogen-bond donors (Lipinski definition) is 0. The normalized spacial score (nSPS) is 25.8. The first-order valence-corrected chi connectivity index (χ1v) is 5.80. The Bertz CT molecular complexity index is 336. The Kier molecular flexibility index (Phi) is 3.75. The minimum Gasteiger partial charge on any atom is -0.372 e. The van der Waals surface area contributed by atoms with Gasteiger partial charge in [0.25, 0.3) is 0 Å². The quantitative estimate of drug-likeness (QED) is 0.719. The molecule has 2 atom stereocenters. The van der Waals surface area contributed by atoms with Gasteiger partial charge in [0.05, 0.1) is 18.8 Å². The first kappa shape index (κ1) is 11.4. The standard InChI is InChI=1S/C14H19NO/c1-3-11-16-13-9-10-15(2)14(13)12-7-5-4-6-8-12/h3-8,13-14H,1,9-11H2,2H3/t13?,14-/m0/s1. The van der Waals surface area contributed by atoms with Crippen LogP contribution >= 0.6 is 0 Å². The number of nitrogens with zero attached hydrogens (tertiary/aromatic N) is 1. The van der Waals surface area contributed by atoms with Crippen molar-refractivity contribution < 1.29 is 4.74 Å². The molecule has 0 saturated carbocycles. The molecule has 0 radical (unpaired) electrons. The van der Waals surface area contributed by atoms with Gasteiger partial charge in [0.2, 0.25) is 0 Å². The zero-order valence-corrected chi connectivity index (χ0v) is 9.80. The molecule has 16 heavy (non-hydrogen) atoms. The summed E-state index contributed by atoms with van der Waals surface area (Å²) in [7, 11) is 2.16. The van der Waals surface area contributed by atoms with Crippen LogP contribution in [-0.4, -0.2) is 31.2 Å². The lowest BCUT2D eigenvalue weighted by molar-refractivity contribution is 0.0481. The summed E-state index contributed by atoms with van der Waals surface area (Å²) in [6, 6.07) is 11.0. The van der Waals surface area contributed by atoms with E-state index in [-0.39, 0.29) is 0 Å². The van der Waals surface area contributed by atoms with Crippen LogP contribution in [0.25, 0.3) is 0 Å². The Morgan fingerprint density at radius 2 is 2.19 bits per heavy atom. The molecule has 2 nitrogen and oxygen atoms in total. The topological polar surface area (TPSA) is 12.5 Å². The average molecular weight is 217 g/mol. The van der Waals surface area contributed by atoms with Gasteiger partial charge in [-0.1, -0.05) is 36.4 Å². The highest BCUT2D eigenvalue weighted by Gasteiger charge is 2.33. The van der Waals surface area contributed by atoms with Crippen molar-refractivity contribution in [2.24, 2.45) is 0 Å². The Morgan fingerprint density at radius 1 is 1.44 bits per heavy atom. The van der Waals surface area contributed by atoms with Crippen LogP contribution in [0.3, 0.4) is 0 Å². The van der Waals surface area contributed by atoms with Gasteiger partial charge in [0.1, 0.15) is 0 Å². The molecule has 1 unspecified atom stereocenters. The van der Waals surface area contributed by atoms with Crippen molar-refractivity contribution in [2.75, 3.05) is 20.2 Å². The predicted octanol–water partition coefficient (Wildman–Crippen LogP) is 2.63. The molecule has 1 aromatic carbocycles. The summed E-state index contributed by atoms with van der Waals surface area (Å²) in [5.41, 5.74) is 1.34. The van der Waals surface area contributed by atoms with Crippen LogP contribution < -0.4 is 0 Å². The van der Waals surface area contributed by atoms with Gasteiger partial charge in [-0.25, -0.2) is 0 Å². The first-order chi connectivity index (χ1) is 7.83. The van der Waals surface area contributed by atoms with Crippen LogP contribution in [0.15, 0.2) is 43.0 Å². The van der Waals surface area contributed by atoms with E-state index >= 15 is 0 Å². The molecule has 0 N–H and O–H groups in total. The third-order valence-corrected chi connectivity index (χ3v) is 3.16. The number of ether oxygens (including phenoxy) is 1. The molecule has 86 valence electrons. The second-order valence-electron chi connectivity index (χ2n) is 4.29. The lowest BCUT2D eigenvalue weighted by Gasteiger charge is -2.25. The molecule has 1 aliphatic rings. The maximum atomic E-state index is 5.83. The molecule has 1 aromatic rings. The Balaban J connectivity index is 2.13. The molecule has 1 heterocycles. The molecule has 2 rings (SSSR count). The van der Waals surface area contributed by atoms with Crippen molar-refractivity contribution in [2.45, 2.75) is 18.6 Å². The number of hydrogen-bond acceptors (Lipinski definition) is 2. The van der Waals surface area contributed by atoms with Crippen LogP contribution in [0, 0.1) is 0 Å². The van der Waals surface area contributed by atoms with Crippen molar-refractivity contribution in [1.29, 1.82) is 0 Å². The smallest absolute Gasteiger partial charge is 0.0788 e. The number of likely N-dealkylation sites (tertiary alicyclic amines) is 1. The largest absolute Gasteiger partial charge is 0.372 e. The van der Waals surface area contributed by atoms with Gasteiger partial charge in [0.15, 0.2) is 0 Å². The van der Waals surface area contributed by atoms with E-state index in [1.54, 1.807) is 0 Å². The molecular formula is C14H19NO. The van der Waals surface area contributed by atoms with Gasteiger partial charge >= 0.3 is 0 Å². The van der Waals surface area contributed by atoms with Gasteiger partial charge in [-0.3, -0.25) is 4.90 Å². The average Bonchev–Trinajstić information content (AvgIpc) is 2.69. The highest BCUT2D eigenvalue weighted by molar-refractivity contribution is 5.21. The summed E-state index contributed by atoms with van der Waals surface area (Å²) in [5, 5.41) is 0. The van der Waals surface area contributed by atoms with E-state index in [9.17, 15) is 0 Å². The van der Waals surface area contributed by atoms with Gasteiger partial charge in [0, 0.05) is 6.54 Å². The Hall–Kier alpha value is -1.12. The predicted molar refractivity (Wildman–Crippen MR) is 66.4 cm³/mol. The summed E-state index contributed by atoms with van der Waals surface area (Å²) in [4.78, 5) is 2.36. The van der Waals surface area contributed by atoms with E-state index in [4.69, 9.17) is 4.74 Å². The van der Waals surface area contributed by atoms with Crippen molar-refractivity contribution in [1.82, 2.24) is 4.90 Å². The van der Waals surface area contributed by atoms with Crippen LogP contribution in [0.1, 0.15) is 18.0 Å². The number of rotatable bonds is 4. The van der Waals surface area contributed by atoms with E-state index < -0.39 is 0 Å². The van der Waals surface area contributed by atoms with Gasteiger partial charge < -0.3 is 4.74 Å². The first-order valence-electron chi connectivity index (χ1n) is 5.80. The summed E-state index contributed by atoms with van der Waals surface area (Å²) in [5.74, 6) is 0. The fourth-order valence-electron chi connectivity index (χ4n) is 2.40. The van der Waals surface area contributed by atoms with Crippen molar-refractivity contribution in [3.63, 3.8) is 0 Å². The van der Waals surface area contributed by atoms with Crippen LogP contribution in [0.2, 0.25) is 0 Å². The van der Waals surface area contributed by atoms with Gasteiger partial charge in [-0.05, 0) is 19.0 Å². The molecular weight excluding hydrogens is 198 g/mol. The third kappa shape index (κ3) is 2.34. The van der Waals surface area contributed by atoms with Crippen LogP contribution in [0.5, 0.6) is 0 Å². The SMILES string of the molecule is C=CCOC1CCN(C)[C@H]1c1ccccc1. The number of likely N-dealkylation sites (N-methyl/N-ethyl adjacent to an activating group) is 1. The second-order valence-corrected chi connectivity index (χ2v) is 4.29. The Labute approximate surface area is 97.5 Å². The van der Waals surface area contributed by atoms with E-state index in [1.807, 2.05) is 6.08 Å². The van der Waals surface area contributed by atoms with Gasteiger partial charge in [-0.2, -0.15) is 0 Å². The minimum absolute atomic E-state index is 0.297. The monoisotopic (exact) mass is 217 g/mol. The molecule has 2 heteroatoms. The highest BCUT2D eigenvalue weighted by atomic mass is 16.5. The summed E-state index contributed by atoms with van der Waals surface area (Å²) >= 11 is 0. The molecule has 1 aliphatic heterocycles. The van der Waals surface area contributed by atoms with Crippen molar-refractivity contribution in [3.05, 3.63) is 48.6 Å². The summed E-state index contributed by atoms with van der Waals surface area (Å²) < 4.78 is 5.83. The maximum Gasteiger partial charge on any atom is 0.0788 e. The maximum absolute atomic E-state index is 5.83. The van der Waals surface area contributed by atoms with E-state index in [2.05, 4.69) is 48.9 Å². The highest BCUT2D eigenvalue weighted by Crippen LogP contribution is 2.32. The van der Waals surface area contributed by atoms with Crippen molar-refractivity contribution in [3.8, 4) is 0 Å². The van der Waals surface area contributed by atoms with Crippen LogP contribution in [-0.2, 0) is 4.74 Å². The zero-order chi connectivity index (χ0) is 11.4. The summed E-state index contributed by atoms with van der Waals surface area (Å²) in [6.07, 6.45) is 3.22. The summed E-state index contributed by atoms with van der Waals surface area (Å²) in [6.45, 7) is 5.44. The molecule has 1 saturated heterocycles. The van der Waals surface area contributed by atoms with E-state index in [1.165, 1.54) is 5.56 Å². The zero-order valence-electron chi connectivity index (χ0n) is 9.80. The van der Waals surface area contributed by atoms with E-state index in [0.29, 0.717) is 18.8 Å². The molecule has 1 fully saturated rings. The van der Waals surface area contributed by atoms with Crippen molar-refractivity contribution >= 4 is 0 Å². The third-order valence-electron chi connectivity index (χ3n) is 3.16. The number of benzene rings is 1. The fraction of sp³-hybridized carbons (Fsp3) is 0.429. The Morgan fingerprint density at radius 3 is 2.88 bits per heavy atom.